The van der Waals surface area contributed by atoms with Crippen LogP contribution in [0.5, 0.6) is 0 Å². The van der Waals surface area contributed by atoms with Gasteiger partial charge in [-0.25, -0.2) is 18.1 Å². The van der Waals surface area contributed by atoms with Crippen molar-refractivity contribution in [3.05, 3.63) is 44.3 Å². The number of hydrogen-bond donors (Lipinski definition) is 2. The molecule has 21 heavy (non-hydrogen) atoms. The molecule has 5 nitrogen and oxygen atoms in total. The van der Waals surface area contributed by atoms with Gasteiger partial charge in [-0.15, -0.1) is 11.3 Å². The van der Waals surface area contributed by atoms with Crippen molar-refractivity contribution in [3.8, 4) is 0 Å². The van der Waals surface area contributed by atoms with E-state index >= 15 is 0 Å². The third kappa shape index (κ3) is 4.33. The fourth-order valence-electron chi connectivity index (χ4n) is 1.81. The second-order valence-corrected chi connectivity index (χ2v) is 8.37. The Balaban J connectivity index is 2.15. The summed E-state index contributed by atoms with van der Waals surface area (Å²) in [5.74, 6) is 0. The summed E-state index contributed by atoms with van der Waals surface area (Å²) in [6.45, 7) is 2.82. The molecule has 0 saturated carbocycles. The van der Waals surface area contributed by atoms with Gasteiger partial charge in [0, 0.05) is 28.6 Å². The second-order valence-electron chi connectivity index (χ2n) is 4.47. The zero-order valence-corrected chi connectivity index (χ0v) is 14.9. The number of aryl methyl sites for hydroxylation is 1. The zero-order valence-electron chi connectivity index (χ0n) is 11.7. The highest BCUT2D eigenvalue weighted by Gasteiger charge is 2.18. The molecule has 0 amide bonds. The van der Waals surface area contributed by atoms with E-state index in [0.717, 1.165) is 15.4 Å². The molecule has 8 heteroatoms. The van der Waals surface area contributed by atoms with Crippen LogP contribution in [0.4, 0.5) is 0 Å². The van der Waals surface area contributed by atoms with Gasteiger partial charge in [0.25, 0.3) is 0 Å². The molecule has 2 aromatic rings. The molecule has 0 atom stereocenters. The molecular weight excluding hydrogens is 374 g/mol. The first-order valence-electron chi connectivity index (χ1n) is 6.26. The van der Waals surface area contributed by atoms with Crippen molar-refractivity contribution >= 4 is 37.3 Å². The summed E-state index contributed by atoms with van der Waals surface area (Å²) >= 11 is 4.81. The summed E-state index contributed by atoms with van der Waals surface area (Å²) < 4.78 is 27.8. The fourth-order valence-corrected chi connectivity index (χ4v) is 4.76. The Bertz CT molecular complexity index is 729. The van der Waals surface area contributed by atoms with Crippen LogP contribution in [0.25, 0.3) is 0 Å². The zero-order chi connectivity index (χ0) is 15.5. The van der Waals surface area contributed by atoms with Gasteiger partial charge in [-0.05, 0) is 47.6 Å². The van der Waals surface area contributed by atoms with Crippen LogP contribution in [0.15, 0.2) is 33.8 Å². The average Bonchev–Trinajstić information content (AvgIpc) is 2.83. The van der Waals surface area contributed by atoms with Gasteiger partial charge < -0.3 is 5.32 Å². The molecule has 1 aromatic heterocycles. The maximum atomic E-state index is 12.3. The van der Waals surface area contributed by atoms with Gasteiger partial charge in [-0.2, -0.15) is 0 Å². The predicted molar refractivity (Wildman–Crippen MR) is 87.8 cm³/mol. The first-order chi connectivity index (χ1) is 9.92. The van der Waals surface area contributed by atoms with Gasteiger partial charge in [0.2, 0.25) is 10.0 Å². The van der Waals surface area contributed by atoms with Crippen molar-refractivity contribution in [2.45, 2.75) is 24.9 Å². The number of benzene rings is 1. The summed E-state index contributed by atoms with van der Waals surface area (Å²) in [5, 5.41) is 3.95. The first-order valence-corrected chi connectivity index (χ1v) is 9.35. The molecule has 0 saturated heterocycles. The number of nitrogens with zero attached hydrogens (tertiary/aromatic N) is 1. The molecule has 0 aliphatic heterocycles. The molecule has 0 radical (unpaired) electrons. The van der Waals surface area contributed by atoms with Gasteiger partial charge in [-0.1, -0.05) is 6.07 Å². The van der Waals surface area contributed by atoms with Gasteiger partial charge in [-0.3, -0.25) is 0 Å². The normalized spacial score (nSPS) is 11.8. The van der Waals surface area contributed by atoms with Crippen LogP contribution in [0.2, 0.25) is 0 Å². The highest BCUT2D eigenvalue weighted by Crippen LogP contribution is 2.23. The Morgan fingerprint density at radius 2 is 2.10 bits per heavy atom. The number of thiazole rings is 1. The van der Waals surface area contributed by atoms with Gasteiger partial charge in [0.1, 0.15) is 0 Å². The predicted octanol–water partition coefficient (Wildman–Crippen LogP) is 2.41. The maximum absolute atomic E-state index is 12.3. The molecule has 0 spiro atoms. The molecule has 0 aliphatic carbocycles. The molecule has 0 unspecified atom stereocenters. The van der Waals surface area contributed by atoms with Crippen molar-refractivity contribution in [3.63, 3.8) is 0 Å². The number of halogens is 1. The van der Waals surface area contributed by atoms with E-state index in [9.17, 15) is 8.42 Å². The van der Waals surface area contributed by atoms with Crippen LogP contribution in [0, 0.1) is 6.92 Å². The maximum Gasteiger partial charge on any atom is 0.242 e. The molecule has 0 fully saturated rings. The summed E-state index contributed by atoms with van der Waals surface area (Å²) in [6, 6.07) is 5.21. The molecule has 114 valence electrons. The van der Waals surface area contributed by atoms with Gasteiger partial charge in [0.05, 0.1) is 9.90 Å². The second kappa shape index (κ2) is 6.97. The standard InChI is InChI=1S/C13H16BrN3O2S2/c1-9-16-7-11(20-9)8-17-21(18,19)13-4-3-10(6-15-2)5-12(13)14/h3-5,7,15,17H,6,8H2,1-2H3. The lowest BCUT2D eigenvalue weighted by Gasteiger charge is -2.09. The lowest BCUT2D eigenvalue weighted by molar-refractivity contribution is 0.581. The van der Waals surface area contributed by atoms with E-state index in [1.165, 1.54) is 11.3 Å². The Hall–Kier alpha value is -0.800. The number of hydrogen-bond acceptors (Lipinski definition) is 5. The molecule has 0 bridgehead atoms. The fraction of sp³-hybridized carbons (Fsp3) is 0.308. The number of sulfonamides is 1. The number of nitrogens with one attached hydrogen (secondary N) is 2. The van der Waals surface area contributed by atoms with Gasteiger partial charge >= 0.3 is 0 Å². The summed E-state index contributed by atoms with van der Waals surface area (Å²) in [7, 11) is -1.71. The van der Waals surface area contributed by atoms with Crippen molar-refractivity contribution < 1.29 is 8.42 Å². The summed E-state index contributed by atoms with van der Waals surface area (Å²) in [5.41, 5.74) is 1.02. The highest BCUT2D eigenvalue weighted by molar-refractivity contribution is 9.10. The molecular formula is C13H16BrN3O2S2. The van der Waals surface area contributed by atoms with Gasteiger partial charge in [0.15, 0.2) is 0 Å². The lowest BCUT2D eigenvalue weighted by Crippen LogP contribution is -2.23. The van der Waals surface area contributed by atoms with E-state index in [2.05, 4.69) is 31.0 Å². The first kappa shape index (κ1) is 16.6. The number of rotatable bonds is 6. The van der Waals surface area contributed by atoms with Crippen LogP contribution >= 0.6 is 27.3 Å². The smallest absolute Gasteiger partial charge is 0.242 e. The Kier molecular flexibility index (Phi) is 5.50. The van der Waals surface area contributed by atoms with Crippen LogP contribution in [-0.4, -0.2) is 20.4 Å². The van der Waals surface area contributed by atoms with E-state index in [1.54, 1.807) is 18.3 Å². The third-order valence-electron chi connectivity index (χ3n) is 2.77. The third-order valence-corrected chi connectivity index (χ3v) is 6.06. The van der Waals surface area contributed by atoms with Crippen LogP contribution in [0.3, 0.4) is 0 Å². The lowest BCUT2D eigenvalue weighted by atomic mass is 10.2. The van der Waals surface area contributed by atoms with Crippen molar-refractivity contribution in [1.29, 1.82) is 0 Å². The van der Waals surface area contributed by atoms with E-state index in [-0.39, 0.29) is 11.4 Å². The minimum Gasteiger partial charge on any atom is -0.316 e. The molecule has 0 aliphatic rings. The molecule has 2 N–H and O–H groups in total. The van der Waals surface area contributed by atoms with Crippen LogP contribution in [0.1, 0.15) is 15.4 Å². The molecule has 1 aromatic carbocycles. The Morgan fingerprint density at radius 3 is 2.67 bits per heavy atom. The Morgan fingerprint density at radius 1 is 1.33 bits per heavy atom. The van der Waals surface area contributed by atoms with Crippen molar-refractivity contribution in [1.82, 2.24) is 15.0 Å². The van der Waals surface area contributed by atoms with E-state index < -0.39 is 10.0 Å². The van der Waals surface area contributed by atoms with Crippen LogP contribution < -0.4 is 10.0 Å². The minimum absolute atomic E-state index is 0.239. The van der Waals surface area contributed by atoms with Crippen molar-refractivity contribution in [2.24, 2.45) is 0 Å². The SMILES string of the molecule is CNCc1ccc(S(=O)(=O)NCc2cnc(C)s2)c(Br)c1. The summed E-state index contributed by atoms with van der Waals surface area (Å²) in [6.07, 6.45) is 1.69. The number of aromatic nitrogens is 1. The van der Waals surface area contributed by atoms with Crippen molar-refractivity contribution in [2.75, 3.05) is 7.05 Å². The quantitative estimate of drug-likeness (QED) is 0.795. The average molecular weight is 390 g/mol. The summed E-state index contributed by atoms with van der Waals surface area (Å²) in [4.78, 5) is 5.23. The minimum atomic E-state index is -3.55. The highest BCUT2D eigenvalue weighted by atomic mass is 79.9. The monoisotopic (exact) mass is 389 g/mol. The molecule has 2 rings (SSSR count). The molecule has 1 heterocycles. The van der Waals surface area contributed by atoms with E-state index in [4.69, 9.17) is 0 Å². The van der Waals surface area contributed by atoms with E-state index in [1.807, 2.05) is 20.0 Å². The van der Waals surface area contributed by atoms with Crippen LogP contribution in [-0.2, 0) is 23.1 Å². The largest absolute Gasteiger partial charge is 0.316 e. The topological polar surface area (TPSA) is 71.1 Å². The van der Waals surface area contributed by atoms with E-state index in [0.29, 0.717) is 11.0 Å². The Labute approximate surface area is 137 Å².